The van der Waals surface area contributed by atoms with Crippen LogP contribution in [0.5, 0.6) is 0 Å². The smallest absolute Gasteiger partial charge is 0.259 e. The molecule has 3 aromatic rings. The van der Waals surface area contributed by atoms with Gasteiger partial charge in [-0.25, -0.2) is 4.52 Å². The van der Waals surface area contributed by atoms with Crippen molar-refractivity contribution in [3.8, 4) is 0 Å². The summed E-state index contributed by atoms with van der Waals surface area (Å²) in [5, 5.41) is 16.4. The van der Waals surface area contributed by atoms with Crippen LogP contribution < -0.4 is 5.32 Å². The fourth-order valence-corrected chi connectivity index (χ4v) is 2.56. The fourth-order valence-electron chi connectivity index (χ4n) is 2.56. The van der Waals surface area contributed by atoms with Gasteiger partial charge in [0.15, 0.2) is 0 Å². The molecule has 3 rings (SSSR count). The van der Waals surface area contributed by atoms with Gasteiger partial charge in [-0.1, -0.05) is 24.3 Å². The topological polar surface area (TPSA) is 66.6 Å². The van der Waals surface area contributed by atoms with Crippen LogP contribution >= 0.6 is 0 Å². The Morgan fingerprint density at radius 3 is 2.82 bits per heavy atom. The zero-order valence-corrected chi connectivity index (χ0v) is 12.3. The summed E-state index contributed by atoms with van der Waals surface area (Å²) in [4.78, 5) is 12.6. The summed E-state index contributed by atoms with van der Waals surface area (Å²) in [7, 11) is 0. The molecule has 2 N–H and O–H groups in total. The standard InChI is InChI=1S/C17H17N3O2/c1-12-16(15-8-4-5-10-20(15)19-12)17(22)18-14-7-3-2-6-13(14)9-11-21/h2-8,10,21H,9,11H2,1H3,(H,18,22). The maximum Gasteiger partial charge on any atom is 0.259 e. The lowest BCUT2D eigenvalue weighted by Gasteiger charge is -2.10. The molecule has 2 aromatic heterocycles. The molecule has 5 nitrogen and oxygen atoms in total. The van der Waals surface area contributed by atoms with E-state index in [9.17, 15) is 4.79 Å². The molecule has 0 saturated carbocycles. The third-order valence-electron chi connectivity index (χ3n) is 3.59. The normalized spacial score (nSPS) is 10.8. The van der Waals surface area contributed by atoms with Crippen molar-refractivity contribution >= 4 is 17.1 Å². The molecular weight excluding hydrogens is 278 g/mol. The second-order valence-electron chi connectivity index (χ2n) is 5.08. The first-order chi connectivity index (χ1) is 10.7. The molecule has 0 fully saturated rings. The minimum Gasteiger partial charge on any atom is -0.396 e. The number of nitrogens with one attached hydrogen (secondary N) is 1. The second kappa shape index (κ2) is 5.99. The van der Waals surface area contributed by atoms with Gasteiger partial charge in [-0.05, 0) is 37.1 Å². The molecule has 0 radical (unpaired) electrons. The van der Waals surface area contributed by atoms with E-state index in [4.69, 9.17) is 5.11 Å². The number of benzene rings is 1. The molecule has 5 heteroatoms. The Labute approximate surface area is 128 Å². The third kappa shape index (κ3) is 2.58. The first kappa shape index (κ1) is 14.3. The maximum absolute atomic E-state index is 12.6. The van der Waals surface area contributed by atoms with Crippen molar-refractivity contribution in [3.05, 3.63) is 65.5 Å². The van der Waals surface area contributed by atoms with Gasteiger partial charge in [-0.2, -0.15) is 5.10 Å². The van der Waals surface area contributed by atoms with Crippen LogP contribution in [0.1, 0.15) is 21.6 Å². The molecule has 0 unspecified atom stereocenters. The number of pyridine rings is 1. The predicted molar refractivity (Wildman–Crippen MR) is 85.1 cm³/mol. The Kier molecular flexibility index (Phi) is 3.89. The first-order valence-corrected chi connectivity index (χ1v) is 7.15. The molecule has 1 aromatic carbocycles. The van der Waals surface area contributed by atoms with E-state index in [1.807, 2.05) is 55.6 Å². The maximum atomic E-state index is 12.6. The number of amides is 1. The van der Waals surface area contributed by atoms with Gasteiger partial charge in [0.1, 0.15) is 0 Å². The molecule has 2 heterocycles. The number of anilines is 1. The monoisotopic (exact) mass is 295 g/mol. The average molecular weight is 295 g/mol. The first-order valence-electron chi connectivity index (χ1n) is 7.15. The zero-order valence-electron chi connectivity index (χ0n) is 12.3. The van der Waals surface area contributed by atoms with Crippen molar-refractivity contribution in [1.82, 2.24) is 9.61 Å². The summed E-state index contributed by atoms with van der Waals surface area (Å²) >= 11 is 0. The Morgan fingerprint density at radius 2 is 2.00 bits per heavy atom. The highest BCUT2D eigenvalue weighted by molar-refractivity contribution is 6.10. The lowest BCUT2D eigenvalue weighted by Crippen LogP contribution is -2.14. The number of nitrogens with zero attached hydrogens (tertiary/aromatic N) is 2. The lowest BCUT2D eigenvalue weighted by molar-refractivity contribution is 0.102. The number of hydrogen-bond donors (Lipinski definition) is 2. The van der Waals surface area contributed by atoms with Gasteiger partial charge >= 0.3 is 0 Å². The number of rotatable bonds is 4. The van der Waals surface area contributed by atoms with Crippen LogP contribution in [0.4, 0.5) is 5.69 Å². The highest BCUT2D eigenvalue weighted by atomic mass is 16.3. The van der Waals surface area contributed by atoms with E-state index in [0.717, 1.165) is 16.8 Å². The fraction of sp³-hybridized carbons (Fsp3) is 0.176. The molecule has 22 heavy (non-hydrogen) atoms. The highest BCUT2D eigenvalue weighted by Gasteiger charge is 2.17. The number of carbonyl (C=O) groups is 1. The number of aliphatic hydroxyl groups excluding tert-OH is 1. The van der Waals surface area contributed by atoms with Crippen LogP contribution in [0.15, 0.2) is 48.7 Å². The van der Waals surface area contributed by atoms with E-state index >= 15 is 0 Å². The zero-order chi connectivity index (χ0) is 15.5. The molecule has 0 spiro atoms. The van der Waals surface area contributed by atoms with E-state index < -0.39 is 0 Å². The van der Waals surface area contributed by atoms with Crippen LogP contribution in [0.25, 0.3) is 5.52 Å². The third-order valence-corrected chi connectivity index (χ3v) is 3.59. The minimum atomic E-state index is -0.191. The van der Waals surface area contributed by atoms with Crippen LogP contribution in [0.3, 0.4) is 0 Å². The number of hydrogen-bond acceptors (Lipinski definition) is 3. The molecule has 0 atom stereocenters. The van der Waals surface area contributed by atoms with Crippen molar-refractivity contribution in [3.63, 3.8) is 0 Å². The number of para-hydroxylation sites is 1. The van der Waals surface area contributed by atoms with E-state index in [1.54, 1.807) is 4.52 Å². The van der Waals surface area contributed by atoms with E-state index in [1.165, 1.54) is 0 Å². The summed E-state index contributed by atoms with van der Waals surface area (Å²) in [6.07, 6.45) is 2.32. The van der Waals surface area contributed by atoms with E-state index in [0.29, 0.717) is 17.7 Å². The molecule has 1 amide bonds. The SMILES string of the molecule is Cc1nn2ccccc2c1C(=O)Nc1ccccc1CCO. The van der Waals surface area contributed by atoms with Crippen LogP contribution in [-0.4, -0.2) is 27.2 Å². The van der Waals surface area contributed by atoms with Crippen molar-refractivity contribution in [2.75, 3.05) is 11.9 Å². The summed E-state index contributed by atoms with van der Waals surface area (Å²) in [5.41, 5.74) is 3.66. The number of aliphatic hydroxyl groups is 1. The minimum absolute atomic E-state index is 0.0443. The van der Waals surface area contributed by atoms with Gasteiger partial charge < -0.3 is 10.4 Å². The van der Waals surface area contributed by atoms with Crippen LogP contribution in [0.2, 0.25) is 0 Å². The van der Waals surface area contributed by atoms with Crippen molar-refractivity contribution in [1.29, 1.82) is 0 Å². The van der Waals surface area contributed by atoms with Crippen LogP contribution in [0, 0.1) is 6.92 Å². The molecular formula is C17H17N3O2. The van der Waals surface area contributed by atoms with Gasteiger partial charge in [0, 0.05) is 18.5 Å². The molecule has 0 aliphatic carbocycles. The Balaban J connectivity index is 1.96. The second-order valence-corrected chi connectivity index (χ2v) is 5.08. The van der Waals surface area contributed by atoms with Gasteiger partial charge in [-0.3, -0.25) is 4.79 Å². The summed E-state index contributed by atoms with van der Waals surface area (Å²) in [5.74, 6) is -0.191. The Morgan fingerprint density at radius 1 is 1.23 bits per heavy atom. The van der Waals surface area contributed by atoms with Crippen molar-refractivity contribution in [2.24, 2.45) is 0 Å². The van der Waals surface area contributed by atoms with E-state index in [-0.39, 0.29) is 12.5 Å². The van der Waals surface area contributed by atoms with E-state index in [2.05, 4.69) is 10.4 Å². The van der Waals surface area contributed by atoms with Gasteiger partial charge in [0.25, 0.3) is 5.91 Å². The largest absolute Gasteiger partial charge is 0.396 e. The molecule has 0 bridgehead atoms. The highest BCUT2D eigenvalue weighted by Crippen LogP contribution is 2.20. The molecule has 0 saturated heterocycles. The molecule has 0 aliphatic rings. The van der Waals surface area contributed by atoms with Gasteiger partial charge in [0.2, 0.25) is 0 Å². The quantitative estimate of drug-likeness (QED) is 0.777. The predicted octanol–water partition coefficient (Wildman–Crippen LogP) is 2.43. The number of aromatic nitrogens is 2. The number of aryl methyl sites for hydroxylation is 1. The summed E-state index contributed by atoms with van der Waals surface area (Å²) < 4.78 is 1.70. The number of carbonyl (C=O) groups excluding carboxylic acids is 1. The molecule has 0 aliphatic heterocycles. The van der Waals surface area contributed by atoms with Crippen molar-refractivity contribution < 1.29 is 9.90 Å². The lowest BCUT2D eigenvalue weighted by atomic mass is 10.1. The Bertz CT molecular complexity index is 824. The summed E-state index contributed by atoms with van der Waals surface area (Å²) in [6.45, 7) is 1.87. The Hall–Kier alpha value is -2.66. The van der Waals surface area contributed by atoms with Gasteiger partial charge in [-0.15, -0.1) is 0 Å². The van der Waals surface area contributed by atoms with Crippen molar-refractivity contribution in [2.45, 2.75) is 13.3 Å². The summed E-state index contributed by atoms with van der Waals surface area (Å²) in [6, 6.07) is 13.1. The average Bonchev–Trinajstić information content (AvgIpc) is 2.85. The molecule has 112 valence electrons. The number of fused-ring (bicyclic) bond motifs is 1. The van der Waals surface area contributed by atoms with Crippen LogP contribution in [-0.2, 0) is 6.42 Å². The van der Waals surface area contributed by atoms with Gasteiger partial charge in [0.05, 0.1) is 16.8 Å².